The summed E-state index contributed by atoms with van der Waals surface area (Å²) in [6, 6.07) is 29.5. The van der Waals surface area contributed by atoms with Crippen LogP contribution in [0.4, 0.5) is 5.69 Å². The molecule has 0 spiro atoms. The molecule has 0 fully saturated rings. The maximum atomic E-state index is 12.6. The Hall–Kier alpha value is -4.20. The molecule has 0 saturated carbocycles. The van der Waals surface area contributed by atoms with Gasteiger partial charge in [0, 0.05) is 11.3 Å². The summed E-state index contributed by atoms with van der Waals surface area (Å²) in [5.41, 5.74) is 4.15. The van der Waals surface area contributed by atoms with Crippen LogP contribution in [0.5, 0.6) is 5.75 Å². The van der Waals surface area contributed by atoms with E-state index < -0.39 is 0 Å². The number of carbonyl (C=O) groups is 1. The van der Waals surface area contributed by atoms with Crippen molar-refractivity contribution in [2.24, 2.45) is 0 Å². The summed E-state index contributed by atoms with van der Waals surface area (Å²) < 4.78 is 11.6. The number of nitrogens with one attached hydrogen (secondary N) is 2. The normalized spacial score (nSPS) is 10.7. The molecule has 0 aliphatic carbocycles. The second kappa shape index (κ2) is 10.6. The number of aromatic nitrogens is 1. The van der Waals surface area contributed by atoms with E-state index in [-0.39, 0.29) is 11.0 Å². The smallest absolute Gasteiger partial charge is 0.257 e. The SMILES string of the molecule is O=C(NC(=S)Nc1ccc2oc(-c3ccccc3Cl)nc2c1)c1ccc(OCc2ccccc2)cc1. The van der Waals surface area contributed by atoms with Crippen molar-refractivity contribution < 1.29 is 13.9 Å². The van der Waals surface area contributed by atoms with Gasteiger partial charge in [-0.3, -0.25) is 10.1 Å². The van der Waals surface area contributed by atoms with E-state index in [1.54, 1.807) is 48.5 Å². The van der Waals surface area contributed by atoms with Crippen molar-refractivity contribution >= 4 is 51.6 Å². The minimum absolute atomic E-state index is 0.165. The minimum Gasteiger partial charge on any atom is -0.489 e. The molecule has 178 valence electrons. The third kappa shape index (κ3) is 5.54. The molecule has 0 aliphatic heterocycles. The monoisotopic (exact) mass is 513 g/mol. The Bertz CT molecular complexity index is 1540. The van der Waals surface area contributed by atoms with Crippen molar-refractivity contribution in [3.63, 3.8) is 0 Å². The molecule has 6 nitrogen and oxygen atoms in total. The first-order valence-electron chi connectivity index (χ1n) is 11.1. The Balaban J connectivity index is 1.19. The lowest BCUT2D eigenvalue weighted by Crippen LogP contribution is -2.34. The Morgan fingerprint density at radius 2 is 1.69 bits per heavy atom. The summed E-state index contributed by atoms with van der Waals surface area (Å²) in [4.78, 5) is 17.2. The van der Waals surface area contributed by atoms with E-state index in [1.807, 2.05) is 48.5 Å². The van der Waals surface area contributed by atoms with Crippen LogP contribution in [0.1, 0.15) is 15.9 Å². The molecule has 0 aliphatic rings. The van der Waals surface area contributed by atoms with Crippen LogP contribution in [0.25, 0.3) is 22.6 Å². The molecule has 1 heterocycles. The molecule has 1 aromatic heterocycles. The van der Waals surface area contributed by atoms with E-state index in [1.165, 1.54) is 0 Å². The zero-order chi connectivity index (χ0) is 24.9. The van der Waals surface area contributed by atoms with Crippen molar-refractivity contribution in [1.29, 1.82) is 0 Å². The van der Waals surface area contributed by atoms with Gasteiger partial charge in [-0.2, -0.15) is 0 Å². The Morgan fingerprint density at radius 3 is 2.47 bits per heavy atom. The third-order valence-corrected chi connectivity index (χ3v) is 5.88. The number of anilines is 1. The number of hydrogen-bond donors (Lipinski definition) is 2. The number of carbonyl (C=O) groups excluding carboxylic acids is 1. The van der Waals surface area contributed by atoms with Crippen molar-refractivity contribution in [3.05, 3.63) is 113 Å². The number of hydrogen-bond acceptors (Lipinski definition) is 5. The first kappa shape index (κ1) is 23.5. The average Bonchev–Trinajstić information content (AvgIpc) is 3.32. The van der Waals surface area contributed by atoms with Crippen LogP contribution < -0.4 is 15.4 Å². The molecule has 5 rings (SSSR count). The first-order chi connectivity index (χ1) is 17.5. The summed E-state index contributed by atoms with van der Waals surface area (Å²) in [5, 5.41) is 6.42. The Morgan fingerprint density at radius 1 is 0.944 bits per heavy atom. The summed E-state index contributed by atoms with van der Waals surface area (Å²) in [6.45, 7) is 0.454. The zero-order valence-corrected chi connectivity index (χ0v) is 20.5. The molecule has 4 aromatic carbocycles. The number of benzene rings is 4. The van der Waals surface area contributed by atoms with Gasteiger partial charge in [-0.1, -0.05) is 54.1 Å². The maximum absolute atomic E-state index is 12.6. The van der Waals surface area contributed by atoms with Gasteiger partial charge in [-0.05, 0) is 72.4 Å². The van der Waals surface area contributed by atoms with Crippen LogP contribution in [0.2, 0.25) is 5.02 Å². The predicted octanol–water partition coefficient (Wildman–Crippen LogP) is 6.85. The van der Waals surface area contributed by atoms with Crippen molar-refractivity contribution in [1.82, 2.24) is 10.3 Å². The molecule has 0 atom stereocenters. The Labute approximate surface area is 217 Å². The number of ether oxygens (including phenoxy) is 1. The molecule has 0 saturated heterocycles. The lowest BCUT2D eigenvalue weighted by atomic mass is 10.2. The maximum Gasteiger partial charge on any atom is 0.257 e. The number of oxazole rings is 1. The van der Waals surface area contributed by atoms with Gasteiger partial charge >= 0.3 is 0 Å². The largest absolute Gasteiger partial charge is 0.489 e. The van der Waals surface area contributed by atoms with Crippen LogP contribution in [0, 0.1) is 0 Å². The van der Waals surface area contributed by atoms with E-state index >= 15 is 0 Å². The number of halogens is 1. The van der Waals surface area contributed by atoms with Crippen LogP contribution >= 0.6 is 23.8 Å². The predicted molar refractivity (Wildman–Crippen MR) is 145 cm³/mol. The molecule has 1 amide bonds. The second-order valence-corrected chi connectivity index (χ2v) is 8.70. The van der Waals surface area contributed by atoms with Crippen LogP contribution in [0.15, 0.2) is 101 Å². The van der Waals surface area contributed by atoms with Gasteiger partial charge in [0.2, 0.25) is 5.89 Å². The van der Waals surface area contributed by atoms with Crippen molar-refractivity contribution in [3.8, 4) is 17.2 Å². The summed E-state index contributed by atoms with van der Waals surface area (Å²) in [5.74, 6) is 0.777. The summed E-state index contributed by atoms with van der Waals surface area (Å²) in [7, 11) is 0. The molecule has 36 heavy (non-hydrogen) atoms. The molecule has 0 bridgehead atoms. The Kier molecular flexibility index (Phi) is 6.93. The van der Waals surface area contributed by atoms with E-state index in [2.05, 4.69) is 15.6 Å². The number of thiocarbonyl (C=S) groups is 1. The molecule has 2 N–H and O–H groups in total. The van der Waals surface area contributed by atoms with Crippen molar-refractivity contribution in [2.75, 3.05) is 5.32 Å². The van der Waals surface area contributed by atoms with Gasteiger partial charge in [-0.15, -0.1) is 0 Å². The standard InChI is InChI=1S/C28H20ClN3O3S/c29-23-9-5-4-8-22(23)27-31-24-16-20(12-15-25(24)35-27)30-28(36)32-26(33)19-10-13-21(14-11-19)34-17-18-6-2-1-3-7-18/h1-16H,17H2,(H2,30,32,33,36). The summed E-state index contributed by atoms with van der Waals surface area (Å²) in [6.07, 6.45) is 0. The van der Waals surface area contributed by atoms with Crippen molar-refractivity contribution in [2.45, 2.75) is 6.61 Å². The lowest BCUT2D eigenvalue weighted by molar-refractivity contribution is 0.0977. The molecular weight excluding hydrogens is 494 g/mol. The third-order valence-electron chi connectivity index (χ3n) is 5.34. The molecule has 0 radical (unpaired) electrons. The van der Waals surface area contributed by atoms with Gasteiger partial charge in [0.05, 0.1) is 10.6 Å². The quantitative estimate of drug-likeness (QED) is 0.242. The van der Waals surface area contributed by atoms with Crippen LogP contribution in [-0.2, 0) is 6.61 Å². The fraction of sp³-hybridized carbons (Fsp3) is 0.0357. The lowest BCUT2D eigenvalue weighted by Gasteiger charge is -2.10. The highest BCUT2D eigenvalue weighted by molar-refractivity contribution is 7.80. The number of amides is 1. The number of fused-ring (bicyclic) bond motifs is 1. The van der Waals surface area contributed by atoms with E-state index in [0.717, 1.165) is 5.56 Å². The van der Waals surface area contributed by atoms with E-state index in [4.69, 9.17) is 33.0 Å². The minimum atomic E-state index is -0.328. The van der Waals surface area contributed by atoms with Gasteiger partial charge < -0.3 is 14.5 Å². The summed E-state index contributed by atoms with van der Waals surface area (Å²) >= 11 is 11.6. The second-order valence-electron chi connectivity index (χ2n) is 7.89. The topological polar surface area (TPSA) is 76.4 Å². The highest BCUT2D eigenvalue weighted by Gasteiger charge is 2.13. The fourth-order valence-corrected chi connectivity index (χ4v) is 3.96. The zero-order valence-electron chi connectivity index (χ0n) is 18.9. The molecule has 8 heteroatoms. The molecular formula is C28H20ClN3O3S. The van der Waals surface area contributed by atoms with Gasteiger partial charge in [0.25, 0.3) is 5.91 Å². The highest BCUT2D eigenvalue weighted by Crippen LogP contribution is 2.30. The number of rotatable bonds is 6. The van der Waals surface area contributed by atoms with Crippen LogP contribution in [0.3, 0.4) is 0 Å². The van der Waals surface area contributed by atoms with E-state index in [9.17, 15) is 4.79 Å². The average molecular weight is 514 g/mol. The van der Waals surface area contributed by atoms with E-state index in [0.29, 0.717) is 51.2 Å². The van der Waals surface area contributed by atoms with Gasteiger partial charge in [0.1, 0.15) is 17.9 Å². The van der Waals surface area contributed by atoms with Gasteiger partial charge in [0.15, 0.2) is 10.7 Å². The molecule has 5 aromatic rings. The van der Waals surface area contributed by atoms with Gasteiger partial charge in [-0.25, -0.2) is 4.98 Å². The molecule has 0 unspecified atom stereocenters. The highest BCUT2D eigenvalue weighted by atomic mass is 35.5. The first-order valence-corrected chi connectivity index (χ1v) is 11.9. The number of nitrogens with zero attached hydrogens (tertiary/aromatic N) is 1. The fourth-order valence-electron chi connectivity index (χ4n) is 3.54. The van der Waals surface area contributed by atoms with Crippen LogP contribution in [-0.4, -0.2) is 16.0 Å².